The Labute approximate surface area is 191 Å². The van der Waals surface area contributed by atoms with Gasteiger partial charge in [0.25, 0.3) is 5.91 Å². The van der Waals surface area contributed by atoms with Gasteiger partial charge in [-0.2, -0.15) is 0 Å². The number of carbonyl (C=O) groups excluding carboxylic acids is 1. The maximum atomic E-state index is 13.4. The van der Waals surface area contributed by atoms with Crippen LogP contribution in [0.3, 0.4) is 0 Å². The smallest absolute Gasteiger partial charge is 0.255 e. The summed E-state index contributed by atoms with van der Waals surface area (Å²) in [7, 11) is 0. The number of carbonyl (C=O) groups is 1. The number of hydrogen-bond donors (Lipinski definition) is 2. The number of rotatable bonds is 5. The van der Waals surface area contributed by atoms with Crippen LogP contribution >= 0.6 is 23.4 Å². The number of anilines is 1. The first-order chi connectivity index (χ1) is 15.1. The summed E-state index contributed by atoms with van der Waals surface area (Å²) in [5, 5.41) is 13.2. The molecular weight excluding hydrogens is 461 g/mol. The van der Waals surface area contributed by atoms with Crippen molar-refractivity contribution >= 4 is 35.0 Å². The number of hydrogen-bond acceptors (Lipinski definition) is 4. The first-order valence-electron chi connectivity index (χ1n) is 9.18. The monoisotopic (exact) mass is 476 g/mol. The van der Waals surface area contributed by atoms with Gasteiger partial charge in [0.15, 0.2) is 17.5 Å². The SMILES string of the molecule is CC(O)(C#Cc1ccncc1)CSc1cc(C(=O)Nc2cc(F)c(F)c(F)c2)ccc1Cl. The summed E-state index contributed by atoms with van der Waals surface area (Å²) in [6.45, 7) is 1.55. The highest BCUT2D eigenvalue weighted by Gasteiger charge is 2.19. The summed E-state index contributed by atoms with van der Waals surface area (Å²) in [4.78, 5) is 16.9. The van der Waals surface area contributed by atoms with Crippen molar-refractivity contribution in [2.24, 2.45) is 0 Å². The molecule has 0 saturated carbocycles. The van der Waals surface area contributed by atoms with Gasteiger partial charge >= 0.3 is 0 Å². The van der Waals surface area contributed by atoms with E-state index in [9.17, 15) is 23.1 Å². The van der Waals surface area contributed by atoms with Gasteiger partial charge < -0.3 is 10.4 Å². The molecular formula is C23H16ClF3N2O2S. The van der Waals surface area contributed by atoms with Gasteiger partial charge in [-0.15, -0.1) is 11.8 Å². The number of thioether (sulfide) groups is 1. The topological polar surface area (TPSA) is 62.2 Å². The summed E-state index contributed by atoms with van der Waals surface area (Å²) >= 11 is 7.39. The van der Waals surface area contributed by atoms with Crippen LogP contribution in [0.1, 0.15) is 22.8 Å². The Kier molecular flexibility index (Phi) is 7.46. The largest absolute Gasteiger partial charge is 0.377 e. The minimum atomic E-state index is -1.62. The van der Waals surface area contributed by atoms with E-state index in [0.717, 1.165) is 0 Å². The fourth-order valence-electron chi connectivity index (χ4n) is 2.48. The van der Waals surface area contributed by atoms with Gasteiger partial charge in [-0.05, 0) is 37.3 Å². The molecule has 0 aliphatic carbocycles. The molecule has 1 amide bonds. The van der Waals surface area contributed by atoms with Crippen molar-refractivity contribution in [3.8, 4) is 11.8 Å². The number of halogens is 4. The van der Waals surface area contributed by atoms with Crippen LogP contribution in [0.2, 0.25) is 5.02 Å². The first kappa shape index (κ1) is 23.7. The third-order valence-electron chi connectivity index (χ3n) is 4.10. The van der Waals surface area contributed by atoms with E-state index in [1.54, 1.807) is 31.5 Å². The van der Waals surface area contributed by atoms with E-state index in [-0.39, 0.29) is 17.0 Å². The van der Waals surface area contributed by atoms with Crippen LogP contribution in [0.4, 0.5) is 18.9 Å². The number of nitrogens with one attached hydrogen (secondary N) is 1. The molecule has 164 valence electrons. The predicted molar refractivity (Wildman–Crippen MR) is 118 cm³/mol. The molecule has 3 rings (SSSR count). The predicted octanol–water partition coefficient (Wildman–Crippen LogP) is 5.30. The third-order valence-corrected chi connectivity index (χ3v) is 5.90. The van der Waals surface area contributed by atoms with Crippen molar-refractivity contribution in [2.75, 3.05) is 11.1 Å². The third kappa shape index (κ3) is 6.26. The fraction of sp³-hybridized carbons (Fsp3) is 0.130. The molecule has 0 bridgehead atoms. The van der Waals surface area contributed by atoms with Gasteiger partial charge in [-0.1, -0.05) is 23.4 Å². The molecule has 2 N–H and O–H groups in total. The van der Waals surface area contributed by atoms with E-state index in [4.69, 9.17) is 11.6 Å². The normalized spacial score (nSPS) is 12.4. The van der Waals surface area contributed by atoms with E-state index < -0.39 is 29.0 Å². The quantitative estimate of drug-likeness (QED) is 0.298. The van der Waals surface area contributed by atoms with Crippen molar-refractivity contribution in [2.45, 2.75) is 17.4 Å². The lowest BCUT2D eigenvalue weighted by Gasteiger charge is -2.16. The van der Waals surface area contributed by atoms with E-state index in [2.05, 4.69) is 22.1 Å². The van der Waals surface area contributed by atoms with E-state index >= 15 is 0 Å². The van der Waals surface area contributed by atoms with E-state index in [1.165, 1.54) is 30.0 Å². The Morgan fingerprint density at radius 3 is 2.47 bits per heavy atom. The average Bonchev–Trinajstić information content (AvgIpc) is 2.76. The van der Waals surface area contributed by atoms with Crippen LogP contribution in [0, 0.1) is 29.3 Å². The van der Waals surface area contributed by atoms with Gasteiger partial charge in [0.2, 0.25) is 0 Å². The lowest BCUT2D eigenvalue weighted by molar-refractivity contribution is 0.102. The molecule has 2 aromatic carbocycles. The Bertz CT molecular complexity index is 1190. The first-order valence-corrected chi connectivity index (χ1v) is 10.5. The summed E-state index contributed by atoms with van der Waals surface area (Å²) < 4.78 is 39.8. The highest BCUT2D eigenvalue weighted by molar-refractivity contribution is 7.99. The Hall–Kier alpha value is -2.99. The highest BCUT2D eigenvalue weighted by atomic mass is 35.5. The molecule has 4 nitrogen and oxygen atoms in total. The van der Waals surface area contributed by atoms with Crippen LogP contribution in [-0.4, -0.2) is 27.4 Å². The van der Waals surface area contributed by atoms with Gasteiger partial charge in [0.05, 0.1) is 5.02 Å². The highest BCUT2D eigenvalue weighted by Crippen LogP contribution is 2.31. The summed E-state index contributed by atoms with van der Waals surface area (Å²) in [5.74, 6) is 0.693. The van der Waals surface area contributed by atoms with Gasteiger partial charge in [-0.25, -0.2) is 13.2 Å². The van der Waals surface area contributed by atoms with Gasteiger partial charge in [-0.3, -0.25) is 9.78 Å². The molecule has 0 radical (unpaired) electrons. The number of pyridine rings is 1. The van der Waals surface area contributed by atoms with Crippen LogP contribution in [0.5, 0.6) is 0 Å². The summed E-state index contributed by atoms with van der Waals surface area (Å²) in [6, 6.07) is 9.19. The van der Waals surface area contributed by atoms with Crippen molar-refractivity contribution in [1.82, 2.24) is 4.98 Å². The number of aliphatic hydroxyl groups is 1. The molecule has 0 aliphatic rings. The summed E-state index contributed by atoms with van der Waals surface area (Å²) in [5.41, 5.74) is -0.719. The van der Waals surface area contributed by atoms with Gasteiger partial charge in [0, 0.05) is 52.0 Å². The Balaban J connectivity index is 1.71. The molecule has 0 fully saturated rings. The number of aromatic nitrogens is 1. The van der Waals surface area contributed by atoms with Crippen molar-refractivity contribution < 1.29 is 23.1 Å². The second kappa shape index (κ2) is 10.1. The minimum Gasteiger partial charge on any atom is -0.377 e. The Morgan fingerprint density at radius 1 is 1.16 bits per heavy atom. The lowest BCUT2D eigenvalue weighted by atomic mass is 10.1. The van der Waals surface area contributed by atoms with Crippen LogP contribution < -0.4 is 5.32 Å². The minimum absolute atomic E-state index is 0.157. The molecule has 0 saturated heterocycles. The molecule has 1 atom stereocenters. The molecule has 1 aromatic heterocycles. The second-order valence-corrected chi connectivity index (χ2v) is 8.33. The Morgan fingerprint density at radius 2 is 1.81 bits per heavy atom. The zero-order valence-corrected chi connectivity index (χ0v) is 18.2. The van der Waals surface area contributed by atoms with Crippen molar-refractivity contribution in [3.05, 3.63) is 88.5 Å². The summed E-state index contributed by atoms with van der Waals surface area (Å²) in [6.07, 6.45) is 3.19. The number of benzene rings is 2. The average molecular weight is 477 g/mol. The lowest BCUT2D eigenvalue weighted by Crippen LogP contribution is -2.24. The standard InChI is InChI=1S/C23H16ClF3N2O2S/c1-23(31,7-4-14-5-8-28-9-6-14)13-32-20-10-15(2-3-17(20)24)22(30)29-16-11-18(25)21(27)19(26)12-16/h2-3,5-6,8-12,31H,13H2,1H3,(H,29,30). The fourth-order valence-corrected chi connectivity index (χ4v) is 3.69. The molecule has 3 aromatic rings. The maximum absolute atomic E-state index is 13.4. The van der Waals surface area contributed by atoms with Crippen LogP contribution in [0.15, 0.2) is 59.8 Å². The zero-order chi connectivity index (χ0) is 23.3. The van der Waals surface area contributed by atoms with Crippen LogP contribution in [0.25, 0.3) is 0 Å². The molecule has 1 unspecified atom stereocenters. The molecule has 0 spiro atoms. The second-order valence-electron chi connectivity index (χ2n) is 6.90. The van der Waals surface area contributed by atoms with Crippen molar-refractivity contribution in [3.63, 3.8) is 0 Å². The molecule has 9 heteroatoms. The number of nitrogens with zero attached hydrogens (tertiary/aromatic N) is 1. The molecule has 0 aliphatic heterocycles. The van der Waals surface area contributed by atoms with E-state index in [0.29, 0.717) is 27.6 Å². The van der Waals surface area contributed by atoms with Crippen molar-refractivity contribution in [1.29, 1.82) is 0 Å². The molecule has 32 heavy (non-hydrogen) atoms. The maximum Gasteiger partial charge on any atom is 0.255 e. The number of amides is 1. The van der Waals surface area contributed by atoms with E-state index in [1.807, 2.05) is 0 Å². The zero-order valence-electron chi connectivity index (χ0n) is 16.6. The van der Waals surface area contributed by atoms with Gasteiger partial charge in [0.1, 0.15) is 5.60 Å². The van der Waals surface area contributed by atoms with Crippen LogP contribution in [-0.2, 0) is 0 Å². The molecule has 1 heterocycles.